The van der Waals surface area contributed by atoms with Crippen LogP contribution in [0.25, 0.3) is 10.9 Å². The van der Waals surface area contributed by atoms with Crippen molar-refractivity contribution >= 4 is 43.9 Å². The Morgan fingerprint density at radius 2 is 1.78 bits per heavy atom. The fraction of sp³-hybridized carbons (Fsp3) is 0.440. The number of alkyl halides is 2. The van der Waals surface area contributed by atoms with E-state index >= 15 is 0 Å². The Kier molecular flexibility index (Phi) is 6.14. The van der Waals surface area contributed by atoms with E-state index in [0.29, 0.717) is 33.6 Å². The van der Waals surface area contributed by atoms with Crippen molar-refractivity contribution in [2.24, 2.45) is 12.5 Å². The molecule has 1 saturated heterocycles. The summed E-state index contributed by atoms with van der Waals surface area (Å²) in [4.78, 5) is 15.5. The monoisotopic (exact) mass is 517 g/mol. The van der Waals surface area contributed by atoms with Gasteiger partial charge in [-0.1, -0.05) is 0 Å². The largest absolute Gasteiger partial charge is 0.371 e. The summed E-state index contributed by atoms with van der Waals surface area (Å²) < 4.78 is 55.1. The molecule has 2 heterocycles. The van der Waals surface area contributed by atoms with Crippen molar-refractivity contribution in [1.82, 2.24) is 9.78 Å². The lowest BCUT2D eigenvalue weighted by Crippen LogP contribution is -2.35. The van der Waals surface area contributed by atoms with Gasteiger partial charge >= 0.3 is 0 Å². The van der Waals surface area contributed by atoms with Gasteiger partial charge in [-0.2, -0.15) is 5.10 Å². The van der Waals surface area contributed by atoms with Crippen LogP contribution in [-0.2, 0) is 17.1 Å². The standard InChI is InChI=1S/C25H29F2N5O3S/c1-3-36(34,35)30-17-4-6-18(21(15-17)32-12-10-25(8-9-25)11-13-32)24(33)28-16-5-7-20-19(14-16)22(23(26)27)29-31(20)2/h4-7,14-15,23,30H,3,8-13H2,1-2H3,(H,28,33). The summed E-state index contributed by atoms with van der Waals surface area (Å²) in [6.07, 6.45) is 1.81. The number of nitrogens with one attached hydrogen (secondary N) is 2. The average Bonchev–Trinajstić information content (AvgIpc) is 3.52. The van der Waals surface area contributed by atoms with Gasteiger partial charge in [0.2, 0.25) is 10.0 Å². The Hall–Kier alpha value is -3.21. The second kappa shape index (κ2) is 9.02. The number of anilines is 3. The number of aromatic nitrogens is 2. The van der Waals surface area contributed by atoms with E-state index in [4.69, 9.17) is 0 Å². The number of nitrogens with zero attached hydrogens (tertiary/aromatic N) is 3. The summed E-state index contributed by atoms with van der Waals surface area (Å²) in [5.41, 5.74) is 2.45. The van der Waals surface area contributed by atoms with E-state index in [-0.39, 0.29) is 16.8 Å². The predicted octanol–water partition coefficient (Wildman–Crippen LogP) is 4.91. The van der Waals surface area contributed by atoms with Crippen molar-refractivity contribution in [3.05, 3.63) is 47.7 Å². The summed E-state index contributed by atoms with van der Waals surface area (Å²) in [5.74, 6) is -0.461. The third kappa shape index (κ3) is 4.76. The number of carbonyl (C=O) groups is 1. The molecule has 11 heteroatoms. The lowest BCUT2D eigenvalue weighted by molar-refractivity contribution is 0.102. The Labute approximate surface area is 208 Å². The second-order valence-corrected chi connectivity index (χ2v) is 11.7. The van der Waals surface area contributed by atoms with Crippen LogP contribution >= 0.6 is 0 Å². The van der Waals surface area contributed by atoms with Gasteiger partial charge < -0.3 is 10.2 Å². The highest BCUT2D eigenvalue weighted by atomic mass is 32.2. The number of hydrogen-bond donors (Lipinski definition) is 2. The molecule has 2 N–H and O–H groups in total. The molecule has 1 saturated carbocycles. The minimum absolute atomic E-state index is 0.0613. The van der Waals surface area contributed by atoms with E-state index in [1.54, 1.807) is 44.3 Å². The molecule has 8 nitrogen and oxygen atoms in total. The summed E-state index contributed by atoms with van der Waals surface area (Å²) in [6, 6.07) is 9.67. The maximum Gasteiger partial charge on any atom is 0.282 e. The maximum absolute atomic E-state index is 13.5. The van der Waals surface area contributed by atoms with Crippen molar-refractivity contribution in [2.45, 2.75) is 39.0 Å². The molecule has 36 heavy (non-hydrogen) atoms. The SMILES string of the molecule is CCS(=O)(=O)Nc1ccc(C(=O)Nc2ccc3c(c2)c(C(F)F)nn3C)c(N2CCC3(CC2)CC3)c1. The number of piperidine rings is 1. The highest BCUT2D eigenvalue weighted by molar-refractivity contribution is 7.92. The van der Waals surface area contributed by atoms with Gasteiger partial charge in [0.05, 0.1) is 28.2 Å². The van der Waals surface area contributed by atoms with Gasteiger partial charge in [-0.3, -0.25) is 14.2 Å². The average molecular weight is 518 g/mol. The third-order valence-electron chi connectivity index (χ3n) is 7.36. The van der Waals surface area contributed by atoms with Gasteiger partial charge in [0.1, 0.15) is 5.69 Å². The Bertz CT molecular complexity index is 1420. The van der Waals surface area contributed by atoms with E-state index in [9.17, 15) is 22.0 Å². The number of rotatable bonds is 7. The molecule has 1 spiro atoms. The molecule has 1 aliphatic heterocycles. The van der Waals surface area contributed by atoms with Crippen molar-refractivity contribution in [3.63, 3.8) is 0 Å². The molecule has 0 bridgehead atoms. The molecule has 2 aromatic carbocycles. The first-order valence-corrected chi connectivity index (χ1v) is 13.7. The first-order valence-electron chi connectivity index (χ1n) is 12.1. The van der Waals surface area contributed by atoms with E-state index in [2.05, 4.69) is 20.0 Å². The number of fused-ring (bicyclic) bond motifs is 1. The van der Waals surface area contributed by atoms with Gasteiger partial charge in [-0.05, 0) is 74.4 Å². The van der Waals surface area contributed by atoms with Crippen LogP contribution in [-0.4, -0.2) is 42.9 Å². The van der Waals surface area contributed by atoms with Crippen LogP contribution in [0.2, 0.25) is 0 Å². The normalized spacial score (nSPS) is 17.1. The fourth-order valence-electron chi connectivity index (χ4n) is 4.93. The number of amides is 1. The smallest absolute Gasteiger partial charge is 0.282 e. The first kappa shape index (κ1) is 24.5. The van der Waals surface area contributed by atoms with Crippen LogP contribution in [0.4, 0.5) is 25.8 Å². The van der Waals surface area contributed by atoms with Crippen molar-refractivity contribution < 1.29 is 22.0 Å². The molecule has 1 aliphatic carbocycles. The highest BCUT2D eigenvalue weighted by Crippen LogP contribution is 2.54. The molecule has 3 aromatic rings. The van der Waals surface area contributed by atoms with Gasteiger partial charge in [0.15, 0.2) is 0 Å². The number of benzene rings is 2. The number of halogens is 2. The van der Waals surface area contributed by atoms with Crippen LogP contribution in [0.5, 0.6) is 0 Å². The van der Waals surface area contributed by atoms with E-state index in [1.807, 2.05) is 0 Å². The van der Waals surface area contributed by atoms with Crippen molar-refractivity contribution in [2.75, 3.05) is 33.8 Å². The van der Waals surface area contributed by atoms with Crippen LogP contribution < -0.4 is 14.9 Å². The van der Waals surface area contributed by atoms with Crippen molar-refractivity contribution in [3.8, 4) is 0 Å². The zero-order valence-corrected chi connectivity index (χ0v) is 21.0. The minimum atomic E-state index is -3.48. The first-order chi connectivity index (χ1) is 17.1. The fourth-order valence-corrected chi connectivity index (χ4v) is 5.56. The minimum Gasteiger partial charge on any atom is -0.371 e. The lowest BCUT2D eigenvalue weighted by atomic mass is 9.93. The second-order valence-electron chi connectivity index (χ2n) is 9.72. The van der Waals surface area contributed by atoms with E-state index < -0.39 is 22.4 Å². The summed E-state index contributed by atoms with van der Waals surface area (Å²) in [6.45, 7) is 3.12. The molecule has 2 fully saturated rings. The van der Waals surface area contributed by atoms with Gasteiger partial charge in [0.25, 0.3) is 12.3 Å². The van der Waals surface area contributed by atoms with E-state index in [0.717, 1.165) is 25.9 Å². The van der Waals surface area contributed by atoms with Gasteiger partial charge in [-0.25, -0.2) is 17.2 Å². The quantitative estimate of drug-likeness (QED) is 0.465. The molecule has 2 aliphatic rings. The molecular weight excluding hydrogens is 488 g/mol. The Morgan fingerprint density at radius 1 is 1.08 bits per heavy atom. The number of sulfonamides is 1. The zero-order chi connectivity index (χ0) is 25.7. The van der Waals surface area contributed by atoms with Crippen LogP contribution in [0.1, 0.15) is 55.1 Å². The molecule has 0 unspecified atom stereocenters. The molecule has 1 amide bonds. The third-order valence-corrected chi connectivity index (χ3v) is 8.67. The zero-order valence-electron chi connectivity index (χ0n) is 20.2. The molecule has 0 radical (unpaired) electrons. The van der Waals surface area contributed by atoms with Gasteiger partial charge in [0, 0.05) is 31.2 Å². The van der Waals surface area contributed by atoms with Gasteiger partial charge in [-0.15, -0.1) is 0 Å². The lowest BCUT2D eigenvalue weighted by Gasteiger charge is -2.35. The summed E-state index contributed by atoms with van der Waals surface area (Å²) >= 11 is 0. The number of hydrogen-bond acceptors (Lipinski definition) is 5. The maximum atomic E-state index is 13.5. The predicted molar refractivity (Wildman–Crippen MR) is 136 cm³/mol. The van der Waals surface area contributed by atoms with Crippen LogP contribution in [0.3, 0.4) is 0 Å². The molecular formula is C25H29F2N5O3S. The van der Waals surface area contributed by atoms with E-state index in [1.165, 1.54) is 23.6 Å². The Morgan fingerprint density at radius 3 is 2.42 bits per heavy atom. The van der Waals surface area contributed by atoms with Crippen molar-refractivity contribution in [1.29, 1.82) is 0 Å². The highest BCUT2D eigenvalue weighted by Gasteiger charge is 2.44. The summed E-state index contributed by atoms with van der Waals surface area (Å²) in [7, 11) is -1.88. The molecule has 5 rings (SSSR count). The molecule has 0 atom stereocenters. The summed E-state index contributed by atoms with van der Waals surface area (Å²) in [5, 5.41) is 7.00. The Balaban J connectivity index is 1.46. The number of aryl methyl sites for hydroxylation is 1. The van der Waals surface area contributed by atoms with Crippen LogP contribution in [0.15, 0.2) is 36.4 Å². The molecule has 192 valence electrons. The van der Waals surface area contributed by atoms with Crippen LogP contribution in [0, 0.1) is 5.41 Å². The topological polar surface area (TPSA) is 96.3 Å². The number of carbonyl (C=O) groups excluding carboxylic acids is 1. The molecule has 1 aromatic heterocycles.